The normalized spacial score (nSPS) is 22.8. The van der Waals surface area contributed by atoms with Crippen molar-refractivity contribution in [2.75, 3.05) is 16.5 Å². The van der Waals surface area contributed by atoms with Gasteiger partial charge in [0.05, 0.1) is 48.0 Å². The van der Waals surface area contributed by atoms with Gasteiger partial charge < -0.3 is 18.9 Å². The fourth-order valence-corrected chi connectivity index (χ4v) is 11.6. The van der Waals surface area contributed by atoms with Gasteiger partial charge >= 0.3 is 0 Å². The number of nitrogens with zero attached hydrogens (tertiary/aromatic N) is 6. The molecule has 1 fully saturated rings. The van der Waals surface area contributed by atoms with E-state index in [1.54, 1.807) is 34.8 Å². The van der Waals surface area contributed by atoms with Gasteiger partial charge in [-0.3, -0.25) is 14.3 Å². The van der Waals surface area contributed by atoms with Gasteiger partial charge in [-0.15, -0.1) is 5.10 Å². The number of hydrazone groups is 1. The average Bonchev–Trinajstić information content (AvgIpc) is 3.85. The molecule has 13 heteroatoms. The lowest BCUT2D eigenvalue weighted by atomic mass is 9.82. The molecule has 5 aromatic rings. The quantitative estimate of drug-likeness (QED) is 0.107. The minimum Gasteiger partial charge on any atom is -0.395 e. The van der Waals surface area contributed by atoms with Crippen LogP contribution in [0, 0.1) is 5.92 Å². The number of rotatable bonds is 11. The Kier molecular flexibility index (Phi) is 10.2. The number of amides is 2. The van der Waals surface area contributed by atoms with E-state index in [4.69, 9.17) is 21.4 Å². The third kappa shape index (κ3) is 6.89. The maximum atomic E-state index is 16.5. The van der Waals surface area contributed by atoms with E-state index in [-0.39, 0.29) is 30.9 Å². The largest absolute Gasteiger partial charge is 0.395 e. The first-order chi connectivity index (χ1) is 27.0. The highest BCUT2D eigenvalue weighted by Crippen LogP contribution is 2.60. The predicted octanol–water partition coefficient (Wildman–Crippen LogP) is 8.00. The van der Waals surface area contributed by atoms with Crippen LogP contribution in [-0.2, 0) is 33.0 Å². The van der Waals surface area contributed by atoms with E-state index in [2.05, 4.69) is 10.3 Å². The van der Waals surface area contributed by atoms with Gasteiger partial charge in [-0.05, 0) is 66.5 Å². The summed E-state index contributed by atoms with van der Waals surface area (Å²) in [7, 11) is -3.41. The third-order valence-corrected chi connectivity index (χ3v) is 14.2. The fourth-order valence-electron chi connectivity index (χ4n) is 8.86. The molecular formula is C43H44ClFN6O4Si. The van der Waals surface area contributed by atoms with Gasteiger partial charge in [0, 0.05) is 47.6 Å². The zero-order chi connectivity index (χ0) is 39.2. The minimum absolute atomic E-state index is 0.0819. The maximum Gasteiger partial charge on any atom is 0.264 e. The maximum absolute atomic E-state index is 16.5. The second-order valence-electron chi connectivity index (χ2n) is 15.4. The van der Waals surface area contributed by atoms with Gasteiger partial charge in [-0.2, -0.15) is 5.10 Å². The molecular weight excluding hydrogens is 747 g/mol. The summed E-state index contributed by atoms with van der Waals surface area (Å²) in [6, 6.07) is 32.4. The zero-order valence-corrected chi connectivity index (χ0v) is 33.3. The van der Waals surface area contributed by atoms with Gasteiger partial charge in [-0.25, -0.2) is 5.01 Å². The van der Waals surface area contributed by atoms with Crippen LogP contribution in [0.5, 0.6) is 0 Å². The van der Waals surface area contributed by atoms with Crippen LogP contribution in [0.1, 0.15) is 60.1 Å². The molecule has 2 amide bonds. The number of aliphatic hydroxyl groups is 1. The smallest absolute Gasteiger partial charge is 0.264 e. The SMILES string of the molecule is C[C@@H]1[C@@H]([Si](C)(C)F)[C@H](CCn2cc(C(CO)c3ccccc3)nn2)O[C@@]12C(=O)N(Cc1ccc(N3N=C(c4ccccc4)CCC3=O)cc1)c1ccc(Cl)cc12. The van der Waals surface area contributed by atoms with Crippen LogP contribution in [0.4, 0.5) is 15.5 Å². The van der Waals surface area contributed by atoms with Crippen molar-refractivity contribution in [3.8, 4) is 0 Å². The standard InChI is InChI=1S/C43H44ClFN6O4Si/c1-28-41(56(2,3)45)39(22-23-49-26-37(46-48-49)34(27-52)30-10-6-4-7-11-30)55-43(28)35-24-32(44)16-20-38(35)50(42(43)54)25-29-14-17-33(18-15-29)51-40(53)21-19-36(47-51)31-12-8-5-9-13-31/h4-18,20,24,26,28,34,39,41,52H,19,21-23,25,27H2,1-3H3/t28-,34?,39+,41-,43+/m1/s1. The van der Waals surface area contributed by atoms with Gasteiger partial charge in [-0.1, -0.05) is 96.5 Å². The molecule has 10 nitrogen and oxygen atoms in total. The molecule has 1 spiro atoms. The molecule has 1 aromatic heterocycles. The number of ether oxygens (including phenoxy) is 1. The Morgan fingerprint density at radius 1 is 0.982 bits per heavy atom. The van der Waals surface area contributed by atoms with Crippen molar-refractivity contribution in [2.24, 2.45) is 11.0 Å². The molecule has 3 aliphatic heterocycles. The van der Waals surface area contributed by atoms with Crippen LogP contribution in [-0.4, -0.2) is 58.7 Å². The van der Waals surface area contributed by atoms with E-state index in [0.29, 0.717) is 53.5 Å². The van der Waals surface area contributed by atoms with Gasteiger partial charge in [0.15, 0.2) is 5.60 Å². The minimum atomic E-state index is -3.41. The van der Waals surface area contributed by atoms with Gasteiger partial charge in [0.25, 0.3) is 5.91 Å². The summed E-state index contributed by atoms with van der Waals surface area (Å²) in [5.74, 6) is -1.14. The number of hydrogen-bond acceptors (Lipinski definition) is 7. The van der Waals surface area contributed by atoms with E-state index in [0.717, 1.165) is 22.4 Å². The van der Waals surface area contributed by atoms with Crippen LogP contribution < -0.4 is 9.91 Å². The Bertz CT molecular complexity index is 2270. The zero-order valence-electron chi connectivity index (χ0n) is 31.6. The van der Waals surface area contributed by atoms with E-state index in [1.165, 1.54) is 5.01 Å². The first-order valence-electron chi connectivity index (χ1n) is 19.1. The second kappa shape index (κ2) is 15.1. The summed E-state index contributed by atoms with van der Waals surface area (Å²) < 4.78 is 25.1. The molecule has 1 unspecified atom stereocenters. The van der Waals surface area contributed by atoms with Gasteiger partial charge in [0.1, 0.15) is 0 Å². The van der Waals surface area contributed by atoms with Crippen LogP contribution in [0.2, 0.25) is 23.7 Å². The van der Waals surface area contributed by atoms with Crippen molar-refractivity contribution in [2.45, 2.75) is 75.5 Å². The Morgan fingerprint density at radius 2 is 1.70 bits per heavy atom. The average molecular weight is 791 g/mol. The number of aryl methyl sites for hydroxylation is 1. The van der Waals surface area contributed by atoms with Crippen LogP contribution >= 0.6 is 11.6 Å². The molecule has 0 aliphatic carbocycles. The first kappa shape index (κ1) is 37.9. The third-order valence-electron chi connectivity index (χ3n) is 11.5. The van der Waals surface area contributed by atoms with E-state index in [9.17, 15) is 14.7 Å². The lowest BCUT2D eigenvalue weighted by Crippen LogP contribution is -2.45. The number of carbonyl (C=O) groups is 2. The lowest BCUT2D eigenvalue weighted by molar-refractivity contribution is -0.146. The molecule has 56 heavy (non-hydrogen) atoms. The van der Waals surface area contributed by atoms with E-state index < -0.39 is 31.6 Å². The summed E-state index contributed by atoms with van der Waals surface area (Å²) in [6.45, 7) is 5.79. The summed E-state index contributed by atoms with van der Waals surface area (Å²) in [5.41, 5.74) is 4.27. The molecule has 4 heterocycles. The van der Waals surface area contributed by atoms with Crippen LogP contribution in [0.15, 0.2) is 114 Å². The fraction of sp³-hybridized carbons (Fsp3) is 0.326. The van der Waals surface area contributed by atoms with Crippen molar-refractivity contribution in [3.05, 3.63) is 142 Å². The van der Waals surface area contributed by atoms with Crippen molar-refractivity contribution >= 4 is 48.9 Å². The molecule has 3 aliphatic rings. The lowest BCUT2D eigenvalue weighted by Gasteiger charge is -2.31. The Hall–Kier alpha value is -5.01. The van der Waals surface area contributed by atoms with E-state index in [1.807, 2.05) is 104 Å². The van der Waals surface area contributed by atoms with Crippen LogP contribution in [0.25, 0.3) is 0 Å². The van der Waals surface area contributed by atoms with Crippen molar-refractivity contribution in [1.29, 1.82) is 0 Å². The highest BCUT2D eigenvalue weighted by atomic mass is 35.5. The number of hydrogen-bond donors (Lipinski definition) is 1. The highest BCUT2D eigenvalue weighted by molar-refractivity contribution is 6.72. The molecule has 1 saturated heterocycles. The Labute approximate surface area is 331 Å². The molecule has 288 valence electrons. The summed E-state index contributed by atoms with van der Waals surface area (Å²) in [6.07, 6.45) is 2.57. The molecule has 0 saturated carbocycles. The van der Waals surface area contributed by atoms with Crippen molar-refractivity contribution in [1.82, 2.24) is 15.0 Å². The van der Waals surface area contributed by atoms with Gasteiger partial charge in [0.2, 0.25) is 14.3 Å². The summed E-state index contributed by atoms with van der Waals surface area (Å²) in [4.78, 5) is 29.6. The molecule has 1 N–H and O–H groups in total. The molecule has 4 aromatic carbocycles. The topological polar surface area (TPSA) is 113 Å². The number of aromatic nitrogens is 3. The molecule has 0 bridgehead atoms. The van der Waals surface area contributed by atoms with E-state index >= 15 is 4.11 Å². The number of halogens is 2. The Balaban J connectivity index is 1.04. The molecule has 0 radical (unpaired) electrons. The first-order valence-corrected chi connectivity index (χ1v) is 22.4. The summed E-state index contributed by atoms with van der Waals surface area (Å²) in [5, 5.41) is 25.5. The number of benzene rings is 4. The van der Waals surface area contributed by atoms with Crippen molar-refractivity contribution < 1.29 is 23.5 Å². The number of fused-ring (bicyclic) bond motifs is 2. The molecule has 8 rings (SSSR count). The van der Waals surface area contributed by atoms with Crippen molar-refractivity contribution in [3.63, 3.8) is 0 Å². The number of carbonyl (C=O) groups excluding carboxylic acids is 2. The van der Waals surface area contributed by atoms with Crippen LogP contribution in [0.3, 0.4) is 0 Å². The number of anilines is 2. The molecule has 5 atom stereocenters. The monoisotopic (exact) mass is 790 g/mol. The summed E-state index contributed by atoms with van der Waals surface area (Å²) >= 11 is 6.60. The number of aliphatic hydroxyl groups excluding tert-OH is 1. The predicted molar refractivity (Wildman–Crippen MR) is 217 cm³/mol. The highest BCUT2D eigenvalue weighted by Gasteiger charge is 2.66. The second-order valence-corrected chi connectivity index (χ2v) is 19.7. The Morgan fingerprint density at radius 3 is 2.39 bits per heavy atom.